The van der Waals surface area contributed by atoms with Gasteiger partial charge in [-0.3, -0.25) is 4.28 Å². The van der Waals surface area contributed by atoms with Crippen molar-refractivity contribution in [2.75, 3.05) is 7.11 Å². The van der Waals surface area contributed by atoms with Crippen LogP contribution in [0.4, 0.5) is 26.3 Å². The molecule has 0 aromatic heterocycles. The Morgan fingerprint density at radius 2 is 1.54 bits per heavy atom. The number of oxime groups is 1. The molecular formula is C14H9F6NO4S. The van der Waals surface area contributed by atoms with Crippen molar-refractivity contribution in [3.8, 4) is 5.75 Å². The number of hydrogen-bond donors (Lipinski definition) is 0. The van der Waals surface area contributed by atoms with E-state index in [-0.39, 0.29) is 16.5 Å². The number of methoxy groups -OCH3 is 1. The van der Waals surface area contributed by atoms with Crippen LogP contribution in [-0.4, -0.2) is 32.9 Å². The predicted molar refractivity (Wildman–Crippen MR) is 79.2 cm³/mol. The summed E-state index contributed by atoms with van der Waals surface area (Å²) in [5.41, 5.74) is -8.54. The minimum absolute atomic E-state index is 0.0732. The number of ether oxygens (including phenoxy) is 1. The molecule has 0 spiro atoms. The van der Waals surface area contributed by atoms with Crippen LogP contribution in [-0.2, 0) is 14.4 Å². The highest BCUT2D eigenvalue weighted by atomic mass is 32.2. The summed E-state index contributed by atoms with van der Waals surface area (Å²) in [5, 5.41) is 2.39. The number of hydrogen-bond acceptors (Lipinski definition) is 5. The molecule has 0 aliphatic heterocycles. The van der Waals surface area contributed by atoms with Gasteiger partial charge in [-0.05, 0) is 17.5 Å². The van der Waals surface area contributed by atoms with Gasteiger partial charge in [-0.1, -0.05) is 29.4 Å². The van der Waals surface area contributed by atoms with Gasteiger partial charge >= 0.3 is 21.8 Å². The molecule has 12 heteroatoms. The highest BCUT2D eigenvalue weighted by molar-refractivity contribution is 7.87. The van der Waals surface area contributed by atoms with E-state index in [0.29, 0.717) is 0 Å². The van der Waals surface area contributed by atoms with E-state index in [9.17, 15) is 34.8 Å². The number of fused-ring (bicyclic) bond motifs is 1. The zero-order chi connectivity index (χ0) is 19.8. The SMILES string of the molecule is COc1ccc(/C(=N\OS(=O)(=O)C(F)(F)F)C(F)(F)F)c2ccccc12. The first-order valence-corrected chi connectivity index (χ1v) is 8.00. The fraction of sp³-hybridized carbons (Fsp3) is 0.214. The molecule has 0 unspecified atom stereocenters. The van der Waals surface area contributed by atoms with Crippen LogP contribution >= 0.6 is 0 Å². The largest absolute Gasteiger partial charge is 0.536 e. The third kappa shape index (κ3) is 3.84. The standard InChI is InChI=1S/C14H9F6NO4S/c1-24-11-7-6-10(8-4-2-3-5-9(8)11)12(13(15,16)17)21-25-26(22,23)14(18,19)20/h2-7H,1H3/b21-12+. The summed E-state index contributed by atoms with van der Waals surface area (Å²) in [6.45, 7) is 0. The minimum atomic E-state index is -6.34. The van der Waals surface area contributed by atoms with Crippen LogP contribution in [0.15, 0.2) is 41.6 Å². The Balaban J connectivity index is 2.67. The fourth-order valence-corrected chi connectivity index (χ4v) is 2.30. The summed E-state index contributed by atoms with van der Waals surface area (Å²) in [4.78, 5) is 0. The number of rotatable bonds is 4. The first-order chi connectivity index (χ1) is 11.9. The highest BCUT2D eigenvalue weighted by Gasteiger charge is 2.50. The summed E-state index contributed by atoms with van der Waals surface area (Å²) in [7, 11) is -5.06. The molecule has 2 aromatic rings. The Labute approximate surface area is 142 Å². The molecule has 0 aliphatic carbocycles. The van der Waals surface area contributed by atoms with E-state index in [0.717, 1.165) is 12.1 Å². The lowest BCUT2D eigenvalue weighted by Crippen LogP contribution is -2.28. The first kappa shape index (κ1) is 19.8. The Morgan fingerprint density at radius 1 is 0.962 bits per heavy atom. The topological polar surface area (TPSA) is 65.0 Å². The van der Waals surface area contributed by atoms with E-state index in [4.69, 9.17) is 4.74 Å². The van der Waals surface area contributed by atoms with Gasteiger partial charge in [0, 0.05) is 10.9 Å². The molecule has 2 aromatic carbocycles. The maximum absolute atomic E-state index is 13.3. The Morgan fingerprint density at radius 3 is 2.04 bits per heavy atom. The quantitative estimate of drug-likeness (QED) is 0.337. The van der Waals surface area contributed by atoms with Gasteiger partial charge < -0.3 is 4.74 Å². The predicted octanol–water partition coefficient (Wildman–Crippen LogP) is 3.98. The van der Waals surface area contributed by atoms with Crippen molar-refractivity contribution >= 4 is 26.6 Å². The molecule has 0 amide bonds. The molecule has 0 N–H and O–H groups in total. The summed E-state index contributed by atoms with van der Waals surface area (Å²) in [6.07, 6.45) is -5.29. The Hall–Kier alpha value is -2.50. The van der Waals surface area contributed by atoms with Crippen molar-refractivity contribution in [2.24, 2.45) is 5.16 Å². The van der Waals surface area contributed by atoms with E-state index in [1.807, 2.05) is 0 Å². The molecule has 0 aliphatic rings. The molecule has 5 nitrogen and oxygen atoms in total. The van der Waals surface area contributed by atoms with Gasteiger partial charge in [-0.15, -0.1) is 0 Å². The number of alkyl halides is 6. The lowest BCUT2D eigenvalue weighted by molar-refractivity contribution is -0.0633. The van der Waals surface area contributed by atoms with Crippen molar-refractivity contribution in [2.45, 2.75) is 11.7 Å². The van der Waals surface area contributed by atoms with E-state index < -0.39 is 33.1 Å². The van der Waals surface area contributed by atoms with Crippen LogP contribution in [0.2, 0.25) is 0 Å². The van der Waals surface area contributed by atoms with Crippen molar-refractivity contribution in [1.29, 1.82) is 0 Å². The van der Waals surface area contributed by atoms with Crippen molar-refractivity contribution < 1.29 is 43.8 Å². The maximum atomic E-state index is 13.3. The van der Waals surface area contributed by atoms with Crippen molar-refractivity contribution in [1.82, 2.24) is 0 Å². The lowest BCUT2D eigenvalue weighted by Gasteiger charge is -2.14. The number of benzene rings is 2. The number of halogens is 6. The van der Waals surface area contributed by atoms with Gasteiger partial charge in [-0.25, -0.2) is 0 Å². The van der Waals surface area contributed by atoms with Crippen LogP contribution in [0.5, 0.6) is 5.75 Å². The minimum Gasteiger partial charge on any atom is -0.496 e. The lowest BCUT2D eigenvalue weighted by atomic mass is 10.00. The molecule has 0 radical (unpaired) electrons. The fourth-order valence-electron chi connectivity index (χ4n) is 2.04. The monoisotopic (exact) mass is 401 g/mol. The summed E-state index contributed by atoms with van der Waals surface area (Å²) in [6, 6.07) is 7.57. The summed E-state index contributed by atoms with van der Waals surface area (Å²) < 4.78 is 106. The molecule has 0 heterocycles. The van der Waals surface area contributed by atoms with Gasteiger partial charge in [0.2, 0.25) is 0 Å². The van der Waals surface area contributed by atoms with Gasteiger partial charge in [0.05, 0.1) is 7.11 Å². The summed E-state index contributed by atoms with van der Waals surface area (Å²) >= 11 is 0. The van der Waals surface area contributed by atoms with Gasteiger partial charge in [0.1, 0.15) is 5.75 Å². The van der Waals surface area contributed by atoms with Crippen LogP contribution in [0.25, 0.3) is 10.8 Å². The molecular weight excluding hydrogens is 392 g/mol. The van der Waals surface area contributed by atoms with Gasteiger partial charge in [-0.2, -0.15) is 34.8 Å². The smallest absolute Gasteiger partial charge is 0.496 e. The molecule has 2 rings (SSSR count). The Kier molecular flexibility index (Phi) is 5.08. The van der Waals surface area contributed by atoms with Crippen LogP contribution in [0.3, 0.4) is 0 Å². The van der Waals surface area contributed by atoms with Gasteiger partial charge in [0.15, 0.2) is 5.71 Å². The third-order valence-electron chi connectivity index (χ3n) is 3.14. The molecule has 0 saturated heterocycles. The maximum Gasteiger partial charge on any atom is 0.536 e. The first-order valence-electron chi connectivity index (χ1n) is 6.59. The second-order valence-electron chi connectivity index (χ2n) is 4.77. The molecule has 142 valence electrons. The normalized spacial score (nSPS) is 13.7. The van der Waals surface area contributed by atoms with E-state index in [2.05, 4.69) is 9.44 Å². The third-order valence-corrected chi connectivity index (χ3v) is 3.98. The summed E-state index contributed by atoms with van der Waals surface area (Å²) in [5.74, 6) is 0.203. The molecule has 0 saturated carbocycles. The molecule has 0 atom stereocenters. The highest BCUT2D eigenvalue weighted by Crippen LogP contribution is 2.33. The molecule has 0 bridgehead atoms. The van der Waals surface area contributed by atoms with E-state index >= 15 is 0 Å². The molecule has 0 fully saturated rings. The number of nitrogens with zero attached hydrogens (tertiary/aromatic N) is 1. The van der Waals surface area contributed by atoms with E-state index in [1.165, 1.54) is 31.4 Å². The second-order valence-corrected chi connectivity index (χ2v) is 6.29. The van der Waals surface area contributed by atoms with E-state index in [1.54, 1.807) is 0 Å². The van der Waals surface area contributed by atoms with Gasteiger partial charge in [0.25, 0.3) is 0 Å². The van der Waals surface area contributed by atoms with Crippen LogP contribution < -0.4 is 4.74 Å². The average molecular weight is 401 g/mol. The van der Waals surface area contributed by atoms with Crippen molar-refractivity contribution in [3.05, 3.63) is 42.0 Å². The molecule has 26 heavy (non-hydrogen) atoms. The average Bonchev–Trinajstić information content (AvgIpc) is 2.52. The van der Waals surface area contributed by atoms with Crippen molar-refractivity contribution in [3.63, 3.8) is 0 Å². The Bertz CT molecular complexity index is 950. The zero-order valence-corrected chi connectivity index (χ0v) is 13.5. The second kappa shape index (κ2) is 6.67. The van der Waals surface area contributed by atoms with Crippen LogP contribution in [0.1, 0.15) is 5.56 Å². The van der Waals surface area contributed by atoms with Crippen LogP contribution in [0, 0.1) is 0 Å². The zero-order valence-electron chi connectivity index (χ0n) is 12.7.